The number of rotatable bonds is 7. The Hall–Kier alpha value is -1.23. The number of hydrogen-bond donors (Lipinski definition) is 0. The number of carbonyl (C=O) groups is 1. The van der Waals surface area contributed by atoms with E-state index in [-0.39, 0.29) is 11.6 Å². The van der Waals surface area contributed by atoms with Crippen molar-refractivity contribution in [2.45, 2.75) is 19.4 Å². The molecule has 0 radical (unpaired) electrons. The van der Waals surface area contributed by atoms with Gasteiger partial charge in [0.25, 0.3) is 0 Å². The first-order valence-corrected chi connectivity index (χ1v) is 7.95. The number of Topliss-reactive ketones (excluding diaryl/α,β-unsaturated/α-hetero) is 1. The summed E-state index contributed by atoms with van der Waals surface area (Å²) in [6, 6.07) is 9.63. The van der Waals surface area contributed by atoms with E-state index >= 15 is 0 Å². The third-order valence-electron chi connectivity index (χ3n) is 3.16. The highest BCUT2D eigenvalue weighted by molar-refractivity contribution is 7.16. The predicted molar refractivity (Wildman–Crippen MR) is 85.6 cm³/mol. The van der Waals surface area contributed by atoms with Crippen LogP contribution in [0.3, 0.4) is 0 Å². The lowest BCUT2D eigenvalue weighted by Gasteiger charge is -2.15. The largest absolute Gasteiger partial charge is 0.301 e. The normalized spacial score (nSPS) is 11.0. The standard InChI is InChI=1S/C16H17ClFNOS/c1-19(11-14-8-9-16(17)21-14)10-2-3-15(20)12-4-6-13(18)7-5-12/h4-9H,2-3,10-11H2,1H3. The van der Waals surface area contributed by atoms with Crippen LogP contribution < -0.4 is 0 Å². The Kier molecular flexibility index (Phi) is 5.91. The van der Waals surface area contributed by atoms with Gasteiger partial charge in [-0.25, -0.2) is 4.39 Å². The number of carbonyl (C=O) groups excluding carboxylic acids is 1. The molecule has 0 N–H and O–H groups in total. The second-order valence-corrected chi connectivity index (χ2v) is 6.78. The zero-order valence-electron chi connectivity index (χ0n) is 11.8. The molecular weight excluding hydrogens is 309 g/mol. The molecule has 1 heterocycles. The van der Waals surface area contributed by atoms with Crippen molar-refractivity contribution in [3.05, 3.63) is 57.0 Å². The molecule has 0 aliphatic rings. The van der Waals surface area contributed by atoms with Crippen molar-refractivity contribution >= 4 is 28.7 Å². The third kappa shape index (κ3) is 5.23. The van der Waals surface area contributed by atoms with Gasteiger partial charge in [-0.1, -0.05) is 11.6 Å². The van der Waals surface area contributed by atoms with E-state index in [1.165, 1.54) is 29.1 Å². The maximum absolute atomic E-state index is 12.8. The maximum atomic E-state index is 12.8. The fourth-order valence-electron chi connectivity index (χ4n) is 2.07. The number of hydrogen-bond acceptors (Lipinski definition) is 3. The molecule has 1 aromatic heterocycles. The lowest BCUT2D eigenvalue weighted by molar-refractivity contribution is 0.0976. The van der Waals surface area contributed by atoms with Crippen molar-refractivity contribution in [1.29, 1.82) is 0 Å². The summed E-state index contributed by atoms with van der Waals surface area (Å²) in [4.78, 5) is 15.3. The second-order valence-electron chi connectivity index (χ2n) is 4.98. The van der Waals surface area contributed by atoms with Crippen LogP contribution in [0.5, 0.6) is 0 Å². The van der Waals surface area contributed by atoms with Gasteiger partial charge in [0.15, 0.2) is 5.78 Å². The highest BCUT2D eigenvalue weighted by Crippen LogP contribution is 2.22. The van der Waals surface area contributed by atoms with E-state index in [2.05, 4.69) is 4.90 Å². The van der Waals surface area contributed by atoms with Crippen LogP contribution in [-0.4, -0.2) is 24.3 Å². The Balaban J connectivity index is 1.73. The topological polar surface area (TPSA) is 20.3 Å². The Morgan fingerprint density at radius 2 is 1.95 bits per heavy atom. The van der Waals surface area contributed by atoms with Gasteiger partial charge >= 0.3 is 0 Å². The van der Waals surface area contributed by atoms with Crippen LogP contribution in [-0.2, 0) is 6.54 Å². The molecule has 0 amide bonds. The quantitative estimate of drug-likeness (QED) is 0.691. The van der Waals surface area contributed by atoms with Gasteiger partial charge in [0.05, 0.1) is 4.34 Å². The van der Waals surface area contributed by atoms with Gasteiger partial charge < -0.3 is 4.90 Å². The van der Waals surface area contributed by atoms with Crippen molar-refractivity contribution in [1.82, 2.24) is 4.90 Å². The molecule has 5 heteroatoms. The lowest BCUT2D eigenvalue weighted by Crippen LogP contribution is -2.19. The highest BCUT2D eigenvalue weighted by Gasteiger charge is 2.08. The number of nitrogens with zero attached hydrogens (tertiary/aromatic N) is 1. The Morgan fingerprint density at radius 3 is 2.57 bits per heavy atom. The summed E-state index contributed by atoms with van der Waals surface area (Å²) in [5, 5.41) is 0. The molecule has 0 saturated heterocycles. The zero-order valence-corrected chi connectivity index (χ0v) is 13.4. The molecular formula is C16H17ClFNOS. The Labute approximate surface area is 133 Å². The van der Waals surface area contributed by atoms with E-state index in [0.29, 0.717) is 12.0 Å². The third-order valence-corrected chi connectivity index (χ3v) is 4.38. The van der Waals surface area contributed by atoms with Crippen molar-refractivity contribution in [3.63, 3.8) is 0 Å². The number of ketones is 1. The van der Waals surface area contributed by atoms with E-state index in [9.17, 15) is 9.18 Å². The van der Waals surface area contributed by atoms with Crippen LogP contribution in [0.1, 0.15) is 28.1 Å². The summed E-state index contributed by atoms with van der Waals surface area (Å²) in [6.45, 7) is 1.67. The number of thiophene rings is 1. The molecule has 21 heavy (non-hydrogen) atoms. The van der Waals surface area contributed by atoms with Crippen LogP contribution in [0.15, 0.2) is 36.4 Å². The molecule has 1 aromatic carbocycles. The minimum Gasteiger partial charge on any atom is -0.301 e. The van der Waals surface area contributed by atoms with Crippen LogP contribution in [0.25, 0.3) is 0 Å². The molecule has 0 atom stereocenters. The first kappa shape index (κ1) is 16.1. The fourth-order valence-corrected chi connectivity index (χ4v) is 3.24. The zero-order chi connectivity index (χ0) is 15.2. The second kappa shape index (κ2) is 7.69. The molecule has 0 spiro atoms. The maximum Gasteiger partial charge on any atom is 0.162 e. The monoisotopic (exact) mass is 325 g/mol. The minimum absolute atomic E-state index is 0.0579. The number of halogens is 2. The molecule has 0 aliphatic heterocycles. The SMILES string of the molecule is CN(CCCC(=O)c1ccc(F)cc1)Cc1ccc(Cl)s1. The van der Waals surface area contributed by atoms with E-state index in [4.69, 9.17) is 11.6 Å². The van der Waals surface area contributed by atoms with Gasteiger partial charge in [-0.15, -0.1) is 11.3 Å². The number of benzene rings is 1. The minimum atomic E-state index is -0.319. The van der Waals surface area contributed by atoms with E-state index in [1.807, 2.05) is 19.2 Å². The van der Waals surface area contributed by atoms with Crippen molar-refractivity contribution in [2.75, 3.05) is 13.6 Å². The Morgan fingerprint density at radius 1 is 1.24 bits per heavy atom. The smallest absolute Gasteiger partial charge is 0.162 e. The summed E-state index contributed by atoms with van der Waals surface area (Å²) in [6.07, 6.45) is 1.26. The molecule has 112 valence electrons. The molecule has 0 fully saturated rings. The summed E-state index contributed by atoms with van der Waals surface area (Å²) in [7, 11) is 2.02. The molecule has 0 bridgehead atoms. The first-order chi connectivity index (χ1) is 10.0. The van der Waals surface area contributed by atoms with Gasteiger partial charge in [0, 0.05) is 23.4 Å². The van der Waals surface area contributed by atoms with Crippen LogP contribution >= 0.6 is 22.9 Å². The molecule has 2 aromatic rings. The van der Waals surface area contributed by atoms with Crippen molar-refractivity contribution < 1.29 is 9.18 Å². The van der Waals surface area contributed by atoms with Gasteiger partial charge in [-0.3, -0.25) is 4.79 Å². The molecule has 2 rings (SSSR count). The van der Waals surface area contributed by atoms with Crippen molar-refractivity contribution in [2.24, 2.45) is 0 Å². The summed E-state index contributed by atoms with van der Waals surface area (Å²) in [5.74, 6) is -0.261. The van der Waals surface area contributed by atoms with Crippen LogP contribution in [0.4, 0.5) is 4.39 Å². The summed E-state index contributed by atoms with van der Waals surface area (Å²) in [5.41, 5.74) is 0.573. The Bertz CT molecular complexity index is 597. The van der Waals surface area contributed by atoms with Crippen LogP contribution in [0, 0.1) is 5.82 Å². The molecule has 0 saturated carbocycles. The van der Waals surface area contributed by atoms with Gasteiger partial charge in [0.2, 0.25) is 0 Å². The van der Waals surface area contributed by atoms with Gasteiger partial charge in [0.1, 0.15) is 5.82 Å². The molecule has 0 unspecified atom stereocenters. The average molecular weight is 326 g/mol. The average Bonchev–Trinajstić information content (AvgIpc) is 2.84. The van der Waals surface area contributed by atoms with E-state index in [1.54, 1.807) is 11.3 Å². The van der Waals surface area contributed by atoms with Gasteiger partial charge in [-0.2, -0.15) is 0 Å². The molecule has 2 nitrogen and oxygen atoms in total. The van der Waals surface area contributed by atoms with Crippen molar-refractivity contribution in [3.8, 4) is 0 Å². The lowest BCUT2D eigenvalue weighted by atomic mass is 10.1. The van der Waals surface area contributed by atoms with E-state index < -0.39 is 0 Å². The summed E-state index contributed by atoms with van der Waals surface area (Å²) < 4.78 is 13.6. The first-order valence-electron chi connectivity index (χ1n) is 6.76. The molecule has 0 aliphatic carbocycles. The predicted octanol–water partition coefficient (Wildman–Crippen LogP) is 4.64. The van der Waals surface area contributed by atoms with Gasteiger partial charge in [-0.05, 0) is 56.4 Å². The summed E-state index contributed by atoms with van der Waals surface area (Å²) >= 11 is 7.47. The van der Waals surface area contributed by atoms with E-state index in [0.717, 1.165) is 23.8 Å². The highest BCUT2D eigenvalue weighted by atomic mass is 35.5. The fraction of sp³-hybridized carbons (Fsp3) is 0.312. The van der Waals surface area contributed by atoms with Crippen LogP contribution in [0.2, 0.25) is 4.34 Å².